The SMILES string of the molecule is O=S(=O)([O-])c1cccc2c1[C@H]1c3cccc[n+]3[C@@H]2CC1(c1ccoc1)c1ccoc1. The van der Waals surface area contributed by atoms with Crippen LogP contribution >= 0.6 is 0 Å². The minimum absolute atomic E-state index is 0.132. The van der Waals surface area contributed by atoms with Crippen molar-refractivity contribution >= 4 is 10.1 Å². The Bertz CT molecular complexity index is 1320. The molecule has 0 amide bonds. The van der Waals surface area contributed by atoms with Gasteiger partial charge in [0.05, 0.1) is 41.3 Å². The molecule has 0 spiro atoms. The summed E-state index contributed by atoms with van der Waals surface area (Å²) in [5.41, 5.74) is 3.65. The quantitative estimate of drug-likeness (QED) is 0.375. The van der Waals surface area contributed by atoms with Gasteiger partial charge < -0.3 is 13.4 Å². The molecule has 5 heterocycles. The zero-order chi connectivity index (χ0) is 20.5. The summed E-state index contributed by atoms with van der Waals surface area (Å²) >= 11 is 0. The van der Waals surface area contributed by atoms with Crippen molar-refractivity contribution in [3.63, 3.8) is 0 Å². The average Bonchev–Trinajstić information content (AvgIpc) is 3.47. The summed E-state index contributed by atoms with van der Waals surface area (Å²) in [6, 6.07) is 14.6. The smallest absolute Gasteiger partial charge is 0.190 e. The summed E-state index contributed by atoms with van der Waals surface area (Å²) in [4.78, 5) is -0.152. The molecule has 30 heavy (non-hydrogen) atoms. The third kappa shape index (κ3) is 2.16. The fraction of sp³-hybridized carbons (Fsp3) is 0.174. The molecular formula is C23H17NO5S. The molecule has 0 saturated heterocycles. The first-order valence-electron chi connectivity index (χ1n) is 9.66. The van der Waals surface area contributed by atoms with Crippen LogP contribution in [-0.4, -0.2) is 13.0 Å². The molecule has 0 fully saturated rings. The maximum Gasteiger partial charge on any atom is 0.190 e. The highest BCUT2D eigenvalue weighted by molar-refractivity contribution is 7.85. The highest BCUT2D eigenvalue weighted by Gasteiger charge is 2.60. The van der Waals surface area contributed by atoms with Crippen LogP contribution in [0.2, 0.25) is 0 Å². The lowest BCUT2D eigenvalue weighted by atomic mass is 9.54. The van der Waals surface area contributed by atoms with E-state index in [4.69, 9.17) is 8.83 Å². The van der Waals surface area contributed by atoms with Crippen molar-refractivity contribution in [1.29, 1.82) is 0 Å². The van der Waals surface area contributed by atoms with Crippen LogP contribution in [0.4, 0.5) is 0 Å². The Labute approximate surface area is 173 Å². The van der Waals surface area contributed by atoms with Gasteiger partial charge in [-0.3, -0.25) is 0 Å². The lowest BCUT2D eigenvalue weighted by Gasteiger charge is -2.49. The standard InChI is InChI=1S/C23H17NO5S/c25-30(26,27)20-6-3-4-17-19-12-23(15-7-10-28-13-15,16-8-11-29-14-16)22(21(17)20)18-5-1-2-9-24(18)19/h1-11,13-14,19,22H,12H2/t19-,22-/m1/s1. The summed E-state index contributed by atoms with van der Waals surface area (Å²) in [7, 11) is -4.66. The fourth-order valence-electron chi connectivity index (χ4n) is 5.58. The summed E-state index contributed by atoms with van der Waals surface area (Å²) in [5.74, 6) is -0.395. The van der Waals surface area contributed by atoms with E-state index < -0.39 is 21.5 Å². The second kappa shape index (κ2) is 5.93. The summed E-state index contributed by atoms with van der Waals surface area (Å²) < 4.78 is 49.9. The Hall–Kier alpha value is -3.16. The van der Waals surface area contributed by atoms with E-state index in [1.807, 2.05) is 42.6 Å². The number of furan rings is 2. The van der Waals surface area contributed by atoms with Gasteiger partial charge >= 0.3 is 0 Å². The van der Waals surface area contributed by atoms with Crippen molar-refractivity contribution < 1.29 is 26.4 Å². The molecule has 0 N–H and O–H groups in total. The molecular weight excluding hydrogens is 402 g/mol. The molecule has 1 aliphatic carbocycles. The van der Waals surface area contributed by atoms with Crippen LogP contribution in [-0.2, 0) is 15.5 Å². The van der Waals surface area contributed by atoms with Crippen LogP contribution < -0.4 is 4.57 Å². The van der Waals surface area contributed by atoms with Gasteiger partial charge in [-0.15, -0.1) is 0 Å². The molecule has 0 radical (unpaired) electrons. The Morgan fingerprint density at radius 2 is 1.70 bits per heavy atom. The van der Waals surface area contributed by atoms with Gasteiger partial charge in [0, 0.05) is 35.2 Å². The van der Waals surface area contributed by atoms with Gasteiger partial charge in [-0.1, -0.05) is 18.2 Å². The van der Waals surface area contributed by atoms with Crippen molar-refractivity contribution in [2.75, 3.05) is 0 Å². The Balaban J connectivity index is 1.77. The zero-order valence-corrected chi connectivity index (χ0v) is 16.6. The van der Waals surface area contributed by atoms with E-state index >= 15 is 0 Å². The molecule has 2 bridgehead atoms. The molecule has 2 atom stereocenters. The van der Waals surface area contributed by atoms with Gasteiger partial charge in [-0.25, -0.2) is 8.42 Å². The zero-order valence-electron chi connectivity index (χ0n) is 15.8. The summed E-state index contributed by atoms with van der Waals surface area (Å²) in [6.45, 7) is 0. The first kappa shape index (κ1) is 17.7. The largest absolute Gasteiger partial charge is 0.744 e. The van der Waals surface area contributed by atoms with Crippen LogP contribution in [0.1, 0.15) is 46.3 Å². The van der Waals surface area contributed by atoms with Gasteiger partial charge in [0.25, 0.3) is 0 Å². The third-order valence-electron chi connectivity index (χ3n) is 6.65. The highest BCUT2D eigenvalue weighted by Crippen LogP contribution is 2.60. The molecule has 6 nitrogen and oxygen atoms in total. The van der Waals surface area contributed by atoms with Crippen molar-refractivity contribution in [3.05, 3.63) is 108 Å². The summed E-state index contributed by atoms with van der Waals surface area (Å²) in [5, 5.41) is 0. The number of benzene rings is 1. The van der Waals surface area contributed by atoms with E-state index in [-0.39, 0.29) is 10.9 Å². The maximum absolute atomic E-state index is 12.3. The van der Waals surface area contributed by atoms with E-state index in [9.17, 15) is 13.0 Å². The number of pyridine rings is 1. The van der Waals surface area contributed by atoms with Crippen molar-refractivity contribution in [1.82, 2.24) is 0 Å². The van der Waals surface area contributed by atoms with Crippen LogP contribution in [0.3, 0.4) is 0 Å². The average molecular weight is 419 g/mol. The number of aromatic nitrogens is 1. The molecule has 7 rings (SSSR count). The molecule has 4 aromatic rings. The van der Waals surface area contributed by atoms with E-state index in [0.717, 1.165) is 22.4 Å². The number of fused-ring (bicyclic) bond motifs is 1. The van der Waals surface area contributed by atoms with Gasteiger partial charge in [-0.05, 0) is 23.8 Å². The Morgan fingerprint density at radius 3 is 2.33 bits per heavy atom. The molecule has 3 aliphatic rings. The van der Waals surface area contributed by atoms with Gasteiger partial charge in [0.1, 0.15) is 10.1 Å². The normalized spacial score (nSPS) is 21.2. The van der Waals surface area contributed by atoms with E-state index in [1.54, 1.807) is 31.1 Å². The first-order valence-corrected chi connectivity index (χ1v) is 11.1. The lowest BCUT2D eigenvalue weighted by molar-refractivity contribution is -0.732. The second-order valence-corrected chi connectivity index (χ2v) is 9.24. The van der Waals surface area contributed by atoms with Gasteiger partial charge in [-0.2, -0.15) is 4.57 Å². The summed E-state index contributed by atoms with van der Waals surface area (Å²) in [6.07, 6.45) is 9.35. The third-order valence-corrected chi connectivity index (χ3v) is 7.55. The Morgan fingerprint density at radius 1 is 0.967 bits per heavy atom. The minimum Gasteiger partial charge on any atom is -0.744 e. The topological polar surface area (TPSA) is 87.4 Å². The fourth-order valence-corrected chi connectivity index (χ4v) is 6.33. The molecule has 0 saturated carbocycles. The molecule has 7 heteroatoms. The second-order valence-electron chi connectivity index (χ2n) is 7.89. The monoisotopic (exact) mass is 419 g/mol. The van der Waals surface area contributed by atoms with Crippen LogP contribution in [0, 0.1) is 0 Å². The Kier molecular flexibility index (Phi) is 3.50. The van der Waals surface area contributed by atoms with Gasteiger partial charge in [0.2, 0.25) is 0 Å². The minimum atomic E-state index is -4.66. The number of nitrogens with zero attached hydrogens (tertiary/aromatic N) is 1. The highest BCUT2D eigenvalue weighted by atomic mass is 32.2. The molecule has 2 aliphatic heterocycles. The van der Waals surface area contributed by atoms with Crippen molar-refractivity contribution in [3.8, 4) is 0 Å². The first-order chi connectivity index (χ1) is 14.5. The maximum atomic E-state index is 12.3. The van der Waals surface area contributed by atoms with E-state index in [1.165, 1.54) is 6.07 Å². The number of rotatable bonds is 3. The number of hydrogen-bond donors (Lipinski definition) is 0. The predicted molar refractivity (Wildman–Crippen MR) is 104 cm³/mol. The van der Waals surface area contributed by atoms with E-state index in [0.29, 0.717) is 12.0 Å². The van der Waals surface area contributed by atoms with Crippen LogP contribution in [0.15, 0.2) is 93.5 Å². The van der Waals surface area contributed by atoms with Crippen molar-refractivity contribution in [2.24, 2.45) is 0 Å². The molecule has 0 unspecified atom stereocenters. The van der Waals surface area contributed by atoms with Gasteiger partial charge in [0.15, 0.2) is 17.9 Å². The van der Waals surface area contributed by atoms with E-state index in [2.05, 4.69) is 4.57 Å². The van der Waals surface area contributed by atoms with Crippen LogP contribution in [0.25, 0.3) is 0 Å². The number of hydrogen-bond acceptors (Lipinski definition) is 5. The molecule has 3 aromatic heterocycles. The van der Waals surface area contributed by atoms with Crippen LogP contribution in [0.5, 0.6) is 0 Å². The van der Waals surface area contributed by atoms with Crippen molar-refractivity contribution in [2.45, 2.75) is 28.7 Å². The predicted octanol–water partition coefficient (Wildman–Crippen LogP) is 3.49. The molecule has 150 valence electrons. The lowest BCUT2D eigenvalue weighted by Crippen LogP contribution is -2.60. The molecule has 1 aromatic carbocycles.